The third kappa shape index (κ3) is 2.54. The summed E-state index contributed by atoms with van der Waals surface area (Å²) in [7, 11) is 0. The van der Waals surface area contributed by atoms with E-state index in [-0.39, 0.29) is 11.7 Å². The van der Waals surface area contributed by atoms with E-state index < -0.39 is 6.10 Å². The Kier molecular flexibility index (Phi) is 3.58. The second-order valence-corrected chi connectivity index (χ2v) is 6.46. The number of ether oxygens (including phenoxy) is 2. The molecule has 1 aromatic carbocycles. The summed E-state index contributed by atoms with van der Waals surface area (Å²) in [6.45, 7) is 2.85. The third-order valence-corrected chi connectivity index (χ3v) is 4.68. The van der Waals surface area contributed by atoms with Gasteiger partial charge in [-0.05, 0) is 24.6 Å². The number of benzene rings is 1. The summed E-state index contributed by atoms with van der Waals surface area (Å²) < 4.78 is 13.0. The molecule has 4 heteroatoms. The van der Waals surface area contributed by atoms with Crippen LogP contribution in [0.1, 0.15) is 44.3 Å². The quantitative estimate of drug-likeness (QED) is 0.857. The highest BCUT2D eigenvalue weighted by Gasteiger charge is 2.44. The molecule has 1 saturated heterocycles. The normalized spacial score (nSPS) is 33.8. The Labute approximate surface area is 122 Å². The van der Waals surface area contributed by atoms with Crippen LogP contribution in [0.25, 0.3) is 0 Å². The van der Waals surface area contributed by atoms with E-state index in [1.54, 1.807) is 0 Å². The number of hydrogen-bond acceptors (Lipinski definition) is 3. The van der Waals surface area contributed by atoms with Crippen LogP contribution in [0, 0.1) is 0 Å². The van der Waals surface area contributed by atoms with Crippen LogP contribution in [-0.2, 0) is 4.74 Å². The molecule has 3 atom stereocenters. The molecular weight excluding hydrogens is 308 g/mol. The van der Waals surface area contributed by atoms with Crippen LogP contribution >= 0.6 is 15.9 Å². The van der Waals surface area contributed by atoms with E-state index in [1.165, 1.54) is 0 Å². The number of aliphatic hydroxyl groups is 1. The van der Waals surface area contributed by atoms with Crippen molar-refractivity contribution in [2.75, 3.05) is 6.61 Å². The molecule has 0 aliphatic carbocycles. The summed E-state index contributed by atoms with van der Waals surface area (Å²) in [5.41, 5.74) is 0.638. The minimum Gasteiger partial charge on any atom is -0.487 e. The van der Waals surface area contributed by atoms with Crippen LogP contribution < -0.4 is 4.74 Å². The zero-order chi connectivity index (χ0) is 13.5. The molecule has 0 amide bonds. The number of halogens is 1. The lowest BCUT2D eigenvalue weighted by Gasteiger charge is -2.45. The standard InChI is InChI=1S/C15H19BrO3/c1-2-11-8-15(5-6-18-11)9-13(17)12-7-10(16)3-4-14(12)19-15/h3-4,7,11,13,17H,2,5-6,8-9H2,1H3. The van der Waals surface area contributed by atoms with Gasteiger partial charge in [-0.2, -0.15) is 0 Å². The number of hydrogen-bond donors (Lipinski definition) is 1. The van der Waals surface area contributed by atoms with Crippen LogP contribution in [0.2, 0.25) is 0 Å². The maximum absolute atomic E-state index is 10.4. The summed E-state index contributed by atoms with van der Waals surface area (Å²) in [6, 6.07) is 5.85. The predicted molar refractivity (Wildman–Crippen MR) is 76.3 cm³/mol. The molecule has 2 aliphatic heterocycles. The molecule has 1 fully saturated rings. The highest BCUT2D eigenvalue weighted by molar-refractivity contribution is 9.10. The minimum atomic E-state index is -0.447. The van der Waals surface area contributed by atoms with E-state index >= 15 is 0 Å². The lowest BCUT2D eigenvalue weighted by molar-refractivity contribution is -0.116. The van der Waals surface area contributed by atoms with Crippen molar-refractivity contribution in [3.63, 3.8) is 0 Å². The Balaban J connectivity index is 1.89. The molecule has 0 radical (unpaired) electrons. The molecule has 3 unspecified atom stereocenters. The lowest BCUT2D eigenvalue weighted by atomic mass is 9.80. The Hall–Kier alpha value is -0.580. The molecule has 0 saturated carbocycles. The van der Waals surface area contributed by atoms with Crippen molar-refractivity contribution in [1.82, 2.24) is 0 Å². The number of fused-ring (bicyclic) bond motifs is 1. The van der Waals surface area contributed by atoms with Crippen LogP contribution in [0.5, 0.6) is 5.75 Å². The van der Waals surface area contributed by atoms with Crippen LogP contribution in [0.4, 0.5) is 0 Å². The average molecular weight is 327 g/mol. The van der Waals surface area contributed by atoms with Crippen molar-refractivity contribution in [2.45, 2.75) is 50.4 Å². The Morgan fingerprint density at radius 2 is 2.26 bits per heavy atom. The van der Waals surface area contributed by atoms with Crippen LogP contribution in [-0.4, -0.2) is 23.4 Å². The first-order valence-corrected chi connectivity index (χ1v) is 7.69. The van der Waals surface area contributed by atoms with E-state index in [2.05, 4.69) is 22.9 Å². The molecule has 19 heavy (non-hydrogen) atoms. The molecule has 3 rings (SSSR count). The third-order valence-electron chi connectivity index (χ3n) is 4.19. The van der Waals surface area contributed by atoms with Gasteiger partial charge in [-0.25, -0.2) is 0 Å². The Morgan fingerprint density at radius 1 is 1.42 bits per heavy atom. The van der Waals surface area contributed by atoms with E-state index in [0.717, 1.165) is 41.7 Å². The van der Waals surface area contributed by atoms with E-state index in [4.69, 9.17) is 9.47 Å². The first kappa shape index (κ1) is 13.4. The van der Waals surface area contributed by atoms with Gasteiger partial charge in [0.15, 0.2) is 0 Å². The number of aliphatic hydroxyl groups excluding tert-OH is 1. The SMILES string of the molecule is CCC1CC2(CCO1)CC(O)c1cc(Br)ccc1O2. The fourth-order valence-electron chi connectivity index (χ4n) is 3.14. The highest BCUT2D eigenvalue weighted by atomic mass is 79.9. The average Bonchev–Trinajstić information content (AvgIpc) is 2.40. The van der Waals surface area contributed by atoms with Crippen molar-refractivity contribution >= 4 is 15.9 Å². The molecule has 2 heterocycles. The van der Waals surface area contributed by atoms with Gasteiger partial charge in [0.1, 0.15) is 11.4 Å². The van der Waals surface area contributed by atoms with Gasteiger partial charge in [0.05, 0.1) is 18.8 Å². The van der Waals surface area contributed by atoms with Crippen molar-refractivity contribution in [1.29, 1.82) is 0 Å². The van der Waals surface area contributed by atoms with E-state index in [1.807, 2.05) is 18.2 Å². The minimum absolute atomic E-state index is 0.248. The van der Waals surface area contributed by atoms with Gasteiger partial charge >= 0.3 is 0 Å². The van der Waals surface area contributed by atoms with Gasteiger partial charge in [0.2, 0.25) is 0 Å². The van der Waals surface area contributed by atoms with Gasteiger partial charge in [0, 0.05) is 29.3 Å². The summed E-state index contributed by atoms with van der Waals surface area (Å²) >= 11 is 3.44. The first-order chi connectivity index (χ1) is 9.12. The van der Waals surface area contributed by atoms with Crippen molar-refractivity contribution in [3.8, 4) is 5.75 Å². The molecule has 2 aliphatic rings. The summed E-state index contributed by atoms with van der Waals surface area (Å²) in [5, 5.41) is 10.4. The Bertz CT molecular complexity index is 476. The van der Waals surface area contributed by atoms with Gasteiger partial charge in [0.25, 0.3) is 0 Å². The van der Waals surface area contributed by atoms with E-state index in [0.29, 0.717) is 6.42 Å². The summed E-state index contributed by atoms with van der Waals surface area (Å²) in [6.07, 6.45) is 3.19. The zero-order valence-electron chi connectivity index (χ0n) is 11.1. The predicted octanol–water partition coefficient (Wildman–Crippen LogP) is 3.59. The van der Waals surface area contributed by atoms with Gasteiger partial charge < -0.3 is 14.6 Å². The first-order valence-electron chi connectivity index (χ1n) is 6.90. The van der Waals surface area contributed by atoms with Crippen molar-refractivity contribution in [3.05, 3.63) is 28.2 Å². The second kappa shape index (κ2) is 5.08. The van der Waals surface area contributed by atoms with Gasteiger partial charge in [-0.15, -0.1) is 0 Å². The molecule has 0 aromatic heterocycles. The maximum Gasteiger partial charge on any atom is 0.126 e. The monoisotopic (exact) mass is 326 g/mol. The van der Waals surface area contributed by atoms with Gasteiger partial charge in [-0.1, -0.05) is 22.9 Å². The summed E-state index contributed by atoms with van der Waals surface area (Å²) in [5.74, 6) is 0.818. The topological polar surface area (TPSA) is 38.7 Å². The largest absolute Gasteiger partial charge is 0.487 e. The fraction of sp³-hybridized carbons (Fsp3) is 0.600. The summed E-state index contributed by atoms with van der Waals surface area (Å²) in [4.78, 5) is 0. The number of rotatable bonds is 1. The van der Waals surface area contributed by atoms with E-state index in [9.17, 15) is 5.11 Å². The van der Waals surface area contributed by atoms with Crippen LogP contribution in [0.15, 0.2) is 22.7 Å². The molecule has 1 aromatic rings. The molecule has 0 bridgehead atoms. The molecule has 104 valence electrons. The molecule has 3 nitrogen and oxygen atoms in total. The molecule has 1 N–H and O–H groups in total. The molecule has 1 spiro atoms. The van der Waals surface area contributed by atoms with Crippen LogP contribution in [0.3, 0.4) is 0 Å². The zero-order valence-corrected chi connectivity index (χ0v) is 12.6. The Morgan fingerprint density at radius 3 is 3.05 bits per heavy atom. The second-order valence-electron chi connectivity index (χ2n) is 5.54. The van der Waals surface area contributed by atoms with Crippen molar-refractivity contribution in [2.24, 2.45) is 0 Å². The lowest BCUT2D eigenvalue weighted by Crippen LogP contribution is -2.48. The highest BCUT2D eigenvalue weighted by Crippen LogP contribution is 2.45. The van der Waals surface area contributed by atoms with Crippen molar-refractivity contribution < 1.29 is 14.6 Å². The van der Waals surface area contributed by atoms with Gasteiger partial charge in [-0.3, -0.25) is 0 Å². The molecular formula is C15H19BrO3. The fourth-order valence-corrected chi connectivity index (χ4v) is 3.52. The maximum atomic E-state index is 10.4. The smallest absolute Gasteiger partial charge is 0.126 e.